The van der Waals surface area contributed by atoms with Crippen LogP contribution < -0.4 is 0 Å². The molecule has 3 fully saturated rings. The van der Waals surface area contributed by atoms with Crippen molar-refractivity contribution in [3.8, 4) is 0 Å². The summed E-state index contributed by atoms with van der Waals surface area (Å²) in [7, 11) is 1.60. The highest BCUT2D eigenvalue weighted by atomic mass is 16.5. The maximum Gasteiger partial charge on any atom is 0.162 e. The fourth-order valence-electron chi connectivity index (χ4n) is 4.49. The van der Waals surface area contributed by atoms with Crippen LogP contribution in [-0.4, -0.2) is 53.7 Å². The van der Waals surface area contributed by atoms with E-state index in [2.05, 4.69) is 11.8 Å². The average molecular weight is 281 g/mol. The number of hydrogen-bond acceptors (Lipinski definition) is 4. The Hall–Kier alpha value is -0.450. The minimum absolute atomic E-state index is 0.104. The second-order valence-corrected chi connectivity index (χ2v) is 7.29. The van der Waals surface area contributed by atoms with Gasteiger partial charge in [-0.25, -0.2) is 0 Å². The second-order valence-electron chi connectivity index (χ2n) is 7.29. The first-order valence-electron chi connectivity index (χ1n) is 7.94. The van der Waals surface area contributed by atoms with Gasteiger partial charge in [0, 0.05) is 31.5 Å². The van der Waals surface area contributed by atoms with E-state index in [1.54, 1.807) is 7.11 Å². The molecular weight excluding hydrogens is 254 g/mol. The molecule has 0 bridgehead atoms. The number of hydrogen-bond donors (Lipinski definition) is 1. The SMILES string of the molecule is COC1C(=O)CCC2(O)C(C)N(CC3CC3)CCC12C. The Morgan fingerprint density at radius 1 is 1.40 bits per heavy atom. The number of ether oxygens (including phenoxy) is 1. The first kappa shape index (κ1) is 14.5. The van der Waals surface area contributed by atoms with Crippen molar-refractivity contribution in [1.82, 2.24) is 4.90 Å². The van der Waals surface area contributed by atoms with E-state index >= 15 is 0 Å². The second kappa shape index (κ2) is 4.79. The van der Waals surface area contributed by atoms with Crippen molar-refractivity contribution < 1.29 is 14.6 Å². The molecule has 0 amide bonds. The molecule has 1 heterocycles. The van der Waals surface area contributed by atoms with Gasteiger partial charge in [0.05, 0.1) is 5.60 Å². The first-order valence-corrected chi connectivity index (χ1v) is 7.94. The van der Waals surface area contributed by atoms with Gasteiger partial charge in [0.15, 0.2) is 5.78 Å². The summed E-state index contributed by atoms with van der Waals surface area (Å²) in [5.74, 6) is 0.983. The van der Waals surface area contributed by atoms with E-state index in [-0.39, 0.29) is 11.8 Å². The van der Waals surface area contributed by atoms with Crippen LogP contribution >= 0.6 is 0 Å². The Balaban J connectivity index is 1.87. The van der Waals surface area contributed by atoms with Gasteiger partial charge in [0.25, 0.3) is 0 Å². The third-order valence-electron chi connectivity index (χ3n) is 6.20. The Labute approximate surface area is 121 Å². The zero-order valence-corrected chi connectivity index (χ0v) is 12.9. The predicted octanol–water partition coefficient (Wildman–Crippen LogP) is 1.61. The van der Waals surface area contributed by atoms with E-state index in [1.165, 1.54) is 12.8 Å². The van der Waals surface area contributed by atoms with Crippen LogP contribution in [0.2, 0.25) is 0 Å². The highest BCUT2D eigenvalue weighted by Gasteiger charge is 2.62. The van der Waals surface area contributed by atoms with E-state index in [0.29, 0.717) is 12.8 Å². The molecule has 1 saturated heterocycles. The van der Waals surface area contributed by atoms with E-state index < -0.39 is 17.1 Å². The molecule has 0 radical (unpaired) electrons. The fourth-order valence-corrected chi connectivity index (χ4v) is 4.49. The van der Waals surface area contributed by atoms with Crippen molar-refractivity contribution in [3.05, 3.63) is 0 Å². The molecule has 2 aliphatic carbocycles. The molecule has 0 aromatic carbocycles. The van der Waals surface area contributed by atoms with Crippen molar-refractivity contribution in [2.75, 3.05) is 20.2 Å². The van der Waals surface area contributed by atoms with Crippen molar-refractivity contribution in [2.24, 2.45) is 11.3 Å². The van der Waals surface area contributed by atoms with Gasteiger partial charge >= 0.3 is 0 Å². The van der Waals surface area contributed by atoms with Crippen LogP contribution in [0.3, 0.4) is 0 Å². The third-order valence-corrected chi connectivity index (χ3v) is 6.20. The summed E-state index contributed by atoms with van der Waals surface area (Å²) in [4.78, 5) is 14.6. The van der Waals surface area contributed by atoms with Crippen LogP contribution in [-0.2, 0) is 9.53 Å². The van der Waals surface area contributed by atoms with Gasteiger partial charge < -0.3 is 9.84 Å². The summed E-state index contributed by atoms with van der Waals surface area (Å²) in [6.07, 6.45) is 4.06. The minimum Gasteiger partial charge on any atom is -0.388 e. The molecule has 0 spiro atoms. The van der Waals surface area contributed by atoms with Crippen LogP contribution in [0.1, 0.15) is 46.0 Å². The molecule has 4 unspecified atom stereocenters. The van der Waals surface area contributed by atoms with E-state index in [4.69, 9.17) is 4.74 Å². The van der Waals surface area contributed by atoms with Crippen LogP contribution in [0, 0.1) is 11.3 Å². The Morgan fingerprint density at radius 2 is 2.10 bits per heavy atom. The zero-order valence-electron chi connectivity index (χ0n) is 12.9. The van der Waals surface area contributed by atoms with Crippen LogP contribution in [0.5, 0.6) is 0 Å². The number of likely N-dealkylation sites (tertiary alicyclic amines) is 1. The number of ketones is 1. The molecule has 1 aliphatic heterocycles. The third kappa shape index (κ3) is 1.96. The molecular formula is C16H27NO3. The fraction of sp³-hybridized carbons (Fsp3) is 0.938. The molecule has 4 nitrogen and oxygen atoms in total. The molecule has 2 saturated carbocycles. The molecule has 0 aromatic rings. The Kier molecular flexibility index (Phi) is 3.47. The number of aliphatic hydroxyl groups is 1. The average Bonchev–Trinajstić information content (AvgIpc) is 3.22. The van der Waals surface area contributed by atoms with Gasteiger partial charge in [-0.3, -0.25) is 9.69 Å². The van der Waals surface area contributed by atoms with Crippen molar-refractivity contribution >= 4 is 5.78 Å². The lowest BCUT2D eigenvalue weighted by atomic mass is 9.56. The van der Waals surface area contributed by atoms with E-state index in [9.17, 15) is 9.90 Å². The lowest BCUT2D eigenvalue weighted by Crippen LogP contribution is -2.71. The van der Waals surface area contributed by atoms with Gasteiger partial charge in [-0.05, 0) is 45.1 Å². The number of fused-ring (bicyclic) bond motifs is 1. The maximum atomic E-state index is 12.2. The topological polar surface area (TPSA) is 49.8 Å². The monoisotopic (exact) mass is 281 g/mol. The number of carbonyl (C=O) groups is 1. The lowest BCUT2D eigenvalue weighted by Gasteiger charge is -2.60. The largest absolute Gasteiger partial charge is 0.388 e. The lowest BCUT2D eigenvalue weighted by molar-refractivity contribution is -0.222. The van der Waals surface area contributed by atoms with Gasteiger partial charge in [-0.15, -0.1) is 0 Å². The van der Waals surface area contributed by atoms with E-state index in [1.807, 2.05) is 6.92 Å². The quantitative estimate of drug-likeness (QED) is 0.854. The number of piperidine rings is 1. The molecule has 4 atom stereocenters. The highest BCUT2D eigenvalue weighted by molar-refractivity contribution is 5.85. The molecule has 4 heteroatoms. The molecule has 3 aliphatic rings. The van der Waals surface area contributed by atoms with Crippen LogP contribution in [0.25, 0.3) is 0 Å². The predicted molar refractivity (Wildman–Crippen MR) is 76.5 cm³/mol. The highest BCUT2D eigenvalue weighted by Crippen LogP contribution is 2.52. The van der Waals surface area contributed by atoms with Gasteiger partial charge in [0.1, 0.15) is 6.10 Å². The summed E-state index contributed by atoms with van der Waals surface area (Å²) in [6, 6.07) is 0.104. The molecule has 0 aromatic heterocycles. The van der Waals surface area contributed by atoms with Crippen molar-refractivity contribution in [2.45, 2.75) is 63.7 Å². The smallest absolute Gasteiger partial charge is 0.162 e. The van der Waals surface area contributed by atoms with Gasteiger partial charge in [-0.1, -0.05) is 6.92 Å². The zero-order chi connectivity index (χ0) is 14.5. The van der Waals surface area contributed by atoms with Crippen LogP contribution in [0.4, 0.5) is 0 Å². The summed E-state index contributed by atoms with van der Waals surface area (Å²) >= 11 is 0. The normalized spacial score (nSPS) is 46.3. The standard InChI is InChI=1S/C16H27NO3/c1-11-16(19)7-6-13(18)14(20-3)15(16,2)8-9-17(11)10-12-4-5-12/h11-12,14,19H,4-10H2,1-3H3. The number of rotatable bonds is 3. The van der Waals surface area contributed by atoms with E-state index in [0.717, 1.165) is 25.4 Å². The molecule has 1 N–H and O–H groups in total. The molecule has 20 heavy (non-hydrogen) atoms. The summed E-state index contributed by atoms with van der Waals surface area (Å²) in [6.45, 7) is 6.24. The Bertz CT molecular complexity index is 409. The Morgan fingerprint density at radius 3 is 2.70 bits per heavy atom. The number of carbonyl (C=O) groups excluding carboxylic acids is 1. The number of nitrogens with zero attached hydrogens (tertiary/aromatic N) is 1. The van der Waals surface area contributed by atoms with Gasteiger partial charge in [-0.2, -0.15) is 0 Å². The van der Waals surface area contributed by atoms with Crippen LogP contribution in [0.15, 0.2) is 0 Å². The summed E-state index contributed by atoms with van der Waals surface area (Å²) in [5.41, 5.74) is -1.26. The first-order chi connectivity index (χ1) is 9.42. The number of methoxy groups -OCH3 is 1. The van der Waals surface area contributed by atoms with Crippen molar-refractivity contribution in [3.63, 3.8) is 0 Å². The molecule has 114 valence electrons. The molecule has 3 rings (SSSR count). The summed E-state index contributed by atoms with van der Waals surface area (Å²) in [5, 5.41) is 11.4. The van der Waals surface area contributed by atoms with Gasteiger partial charge in [0.2, 0.25) is 0 Å². The number of Topliss-reactive ketones (excluding diaryl/α,β-unsaturated/α-hetero) is 1. The van der Waals surface area contributed by atoms with Crippen molar-refractivity contribution in [1.29, 1.82) is 0 Å². The summed E-state index contributed by atoms with van der Waals surface area (Å²) < 4.78 is 5.49. The minimum atomic E-state index is -0.811. The maximum absolute atomic E-state index is 12.2.